The lowest BCUT2D eigenvalue weighted by Crippen LogP contribution is -2.21. The summed E-state index contributed by atoms with van der Waals surface area (Å²) in [7, 11) is 0. The lowest BCUT2D eigenvalue weighted by atomic mass is 10.1. The standard InChI is InChI=1S/C28H22N2O2S2/c31-28(32)22-15-13-19(14-16-22)18-29-25(23-12-7-17-33-23)27-30-24(20-8-3-1-4-9-20)26(34-27)21-10-5-2-6-11-21/h1-17,25,29H,18H2,(H,31,32). The Morgan fingerprint density at radius 3 is 2.15 bits per heavy atom. The topological polar surface area (TPSA) is 62.2 Å². The van der Waals surface area contributed by atoms with E-state index in [1.165, 1.54) is 4.88 Å². The van der Waals surface area contributed by atoms with E-state index >= 15 is 0 Å². The molecule has 168 valence electrons. The zero-order chi connectivity index (χ0) is 23.3. The van der Waals surface area contributed by atoms with Gasteiger partial charge in [-0.2, -0.15) is 0 Å². The van der Waals surface area contributed by atoms with Crippen molar-refractivity contribution in [2.24, 2.45) is 0 Å². The van der Waals surface area contributed by atoms with E-state index in [0.717, 1.165) is 32.3 Å². The van der Waals surface area contributed by atoms with Gasteiger partial charge in [0.05, 0.1) is 22.2 Å². The van der Waals surface area contributed by atoms with E-state index in [-0.39, 0.29) is 6.04 Å². The van der Waals surface area contributed by atoms with Crippen LogP contribution in [0.1, 0.15) is 31.8 Å². The van der Waals surface area contributed by atoms with Crippen LogP contribution in [0, 0.1) is 0 Å². The maximum absolute atomic E-state index is 11.2. The molecule has 0 saturated heterocycles. The zero-order valence-electron chi connectivity index (χ0n) is 18.2. The van der Waals surface area contributed by atoms with Crippen LogP contribution in [0.4, 0.5) is 0 Å². The summed E-state index contributed by atoms with van der Waals surface area (Å²) in [4.78, 5) is 18.7. The van der Waals surface area contributed by atoms with Gasteiger partial charge in [0.25, 0.3) is 0 Å². The summed E-state index contributed by atoms with van der Waals surface area (Å²) in [5.74, 6) is -0.916. The van der Waals surface area contributed by atoms with E-state index in [4.69, 9.17) is 10.1 Å². The van der Waals surface area contributed by atoms with Gasteiger partial charge in [0.15, 0.2) is 0 Å². The molecule has 0 bridgehead atoms. The van der Waals surface area contributed by atoms with Crippen molar-refractivity contribution in [3.8, 4) is 21.7 Å². The molecule has 0 saturated carbocycles. The first-order valence-corrected chi connectivity index (χ1v) is 12.6. The molecule has 5 aromatic rings. The number of hydrogen-bond donors (Lipinski definition) is 2. The first-order valence-electron chi connectivity index (χ1n) is 10.9. The van der Waals surface area contributed by atoms with Gasteiger partial charge in [-0.3, -0.25) is 5.32 Å². The fourth-order valence-corrected chi connectivity index (χ4v) is 5.85. The van der Waals surface area contributed by atoms with Gasteiger partial charge in [-0.15, -0.1) is 22.7 Å². The second-order valence-electron chi connectivity index (χ2n) is 7.79. The Bertz CT molecular complexity index is 1310. The molecular formula is C28H22N2O2S2. The minimum Gasteiger partial charge on any atom is -0.478 e. The van der Waals surface area contributed by atoms with E-state index in [2.05, 4.69) is 59.2 Å². The third kappa shape index (κ3) is 4.84. The summed E-state index contributed by atoms with van der Waals surface area (Å²) in [6, 6.07) is 31.8. The number of hydrogen-bond acceptors (Lipinski definition) is 5. The molecular weight excluding hydrogens is 460 g/mol. The summed E-state index contributed by atoms with van der Waals surface area (Å²) in [5, 5.41) is 15.9. The van der Waals surface area contributed by atoms with E-state index < -0.39 is 5.97 Å². The summed E-state index contributed by atoms with van der Waals surface area (Å²) in [6.45, 7) is 0.601. The fourth-order valence-electron chi connectivity index (χ4n) is 3.79. The van der Waals surface area contributed by atoms with Crippen molar-refractivity contribution >= 4 is 28.6 Å². The Morgan fingerprint density at radius 2 is 1.53 bits per heavy atom. The molecule has 0 amide bonds. The zero-order valence-corrected chi connectivity index (χ0v) is 19.9. The van der Waals surface area contributed by atoms with Crippen molar-refractivity contribution in [1.29, 1.82) is 0 Å². The maximum atomic E-state index is 11.2. The number of aromatic carboxylic acids is 1. The molecule has 34 heavy (non-hydrogen) atoms. The van der Waals surface area contributed by atoms with Gasteiger partial charge in [-0.1, -0.05) is 78.9 Å². The van der Waals surface area contributed by atoms with Gasteiger partial charge in [-0.25, -0.2) is 9.78 Å². The second kappa shape index (κ2) is 10.1. The van der Waals surface area contributed by atoms with Crippen LogP contribution in [0.2, 0.25) is 0 Å². The number of nitrogens with zero attached hydrogens (tertiary/aromatic N) is 1. The monoisotopic (exact) mass is 482 g/mol. The molecule has 2 heterocycles. The number of rotatable bonds is 8. The summed E-state index contributed by atoms with van der Waals surface area (Å²) in [6.07, 6.45) is 0. The maximum Gasteiger partial charge on any atom is 0.335 e. The number of aromatic nitrogens is 1. The highest BCUT2D eigenvalue weighted by molar-refractivity contribution is 7.16. The third-order valence-corrected chi connectivity index (χ3v) is 7.62. The molecule has 0 spiro atoms. The lowest BCUT2D eigenvalue weighted by molar-refractivity contribution is 0.0697. The van der Waals surface area contributed by atoms with Crippen LogP contribution in [-0.2, 0) is 6.54 Å². The van der Waals surface area contributed by atoms with Crippen molar-refractivity contribution in [3.05, 3.63) is 123 Å². The molecule has 0 aliphatic carbocycles. The number of nitrogens with one attached hydrogen (secondary N) is 1. The molecule has 0 aliphatic heterocycles. The predicted molar refractivity (Wildman–Crippen MR) is 139 cm³/mol. The highest BCUT2D eigenvalue weighted by atomic mass is 32.1. The third-order valence-electron chi connectivity index (χ3n) is 5.51. The predicted octanol–water partition coefficient (Wildman–Crippen LogP) is 7.12. The molecule has 1 unspecified atom stereocenters. The molecule has 2 aromatic heterocycles. The van der Waals surface area contributed by atoms with E-state index in [0.29, 0.717) is 12.1 Å². The van der Waals surface area contributed by atoms with Crippen LogP contribution in [0.3, 0.4) is 0 Å². The molecule has 6 heteroatoms. The Balaban J connectivity index is 1.51. The quantitative estimate of drug-likeness (QED) is 0.247. The van der Waals surface area contributed by atoms with Crippen LogP contribution in [0.15, 0.2) is 102 Å². The van der Waals surface area contributed by atoms with Gasteiger partial charge in [0.1, 0.15) is 5.01 Å². The number of carboxylic acid groups (broad SMARTS) is 1. The highest BCUT2D eigenvalue weighted by Crippen LogP contribution is 2.40. The Morgan fingerprint density at radius 1 is 0.853 bits per heavy atom. The van der Waals surface area contributed by atoms with Crippen LogP contribution in [0.25, 0.3) is 21.7 Å². The van der Waals surface area contributed by atoms with Gasteiger partial charge in [0.2, 0.25) is 0 Å². The fraction of sp³-hybridized carbons (Fsp3) is 0.0714. The first kappa shape index (κ1) is 22.2. The Hall–Kier alpha value is -3.58. The molecule has 0 fully saturated rings. The van der Waals surface area contributed by atoms with Crippen LogP contribution >= 0.6 is 22.7 Å². The highest BCUT2D eigenvalue weighted by Gasteiger charge is 2.23. The largest absolute Gasteiger partial charge is 0.478 e. The van der Waals surface area contributed by atoms with Gasteiger partial charge < -0.3 is 5.11 Å². The van der Waals surface area contributed by atoms with Gasteiger partial charge >= 0.3 is 5.97 Å². The van der Waals surface area contributed by atoms with Gasteiger partial charge in [-0.05, 0) is 34.7 Å². The molecule has 3 aromatic carbocycles. The number of carbonyl (C=O) groups is 1. The molecule has 2 N–H and O–H groups in total. The Labute approximate surface area is 206 Å². The van der Waals surface area contributed by atoms with Crippen molar-refractivity contribution in [1.82, 2.24) is 10.3 Å². The minimum atomic E-state index is -0.916. The normalized spacial score (nSPS) is 11.9. The number of thiophene rings is 1. The van der Waals surface area contributed by atoms with E-state index in [1.54, 1.807) is 34.8 Å². The van der Waals surface area contributed by atoms with E-state index in [1.807, 2.05) is 36.4 Å². The smallest absolute Gasteiger partial charge is 0.335 e. The molecule has 5 rings (SSSR count). The molecule has 0 aliphatic rings. The van der Waals surface area contributed by atoms with Crippen LogP contribution in [-0.4, -0.2) is 16.1 Å². The minimum absolute atomic E-state index is 0.0657. The van der Waals surface area contributed by atoms with Gasteiger partial charge in [0, 0.05) is 17.0 Å². The van der Waals surface area contributed by atoms with E-state index in [9.17, 15) is 4.79 Å². The molecule has 4 nitrogen and oxygen atoms in total. The van der Waals surface area contributed by atoms with Crippen LogP contribution in [0.5, 0.6) is 0 Å². The summed E-state index contributed by atoms with van der Waals surface area (Å²) >= 11 is 3.41. The lowest BCUT2D eigenvalue weighted by Gasteiger charge is -2.15. The number of thiazole rings is 1. The number of benzene rings is 3. The SMILES string of the molecule is O=C(O)c1ccc(CNC(c2cccs2)c2nc(-c3ccccc3)c(-c3ccccc3)s2)cc1. The van der Waals surface area contributed by atoms with Crippen molar-refractivity contribution in [2.75, 3.05) is 0 Å². The Kier molecular flexibility index (Phi) is 6.62. The number of carboxylic acids is 1. The molecule has 1 atom stereocenters. The molecule has 0 radical (unpaired) electrons. The average Bonchev–Trinajstić information content (AvgIpc) is 3.57. The summed E-state index contributed by atoms with van der Waals surface area (Å²) < 4.78 is 0. The average molecular weight is 483 g/mol. The summed E-state index contributed by atoms with van der Waals surface area (Å²) in [5.41, 5.74) is 4.55. The second-order valence-corrected chi connectivity index (χ2v) is 9.80. The van der Waals surface area contributed by atoms with Crippen molar-refractivity contribution < 1.29 is 9.90 Å². The first-order chi connectivity index (χ1) is 16.7. The van der Waals surface area contributed by atoms with Crippen molar-refractivity contribution in [2.45, 2.75) is 12.6 Å². The van der Waals surface area contributed by atoms with Crippen LogP contribution < -0.4 is 5.32 Å². The van der Waals surface area contributed by atoms with Crippen molar-refractivity contribution in [3.63, 3.8) is 0 Å².